The third-order valence-electron chi connectivity index (χ3n) is 4.39. The van der Waals surface area contributed by atoms with E-state index in [-0.39, 0.29) is 17.9 Å². The van der Waals surface area contributed by atoms with Gasteiger partial charge in [0.2, 0.25) is 5.91 Å². The van der Waals surface area contributed by atoms with Crippen molar-refractivity contribution in [1.29, 1.82) is 0 Å². The van der Waals surface area contributed by atoms with Gasteiger partial charge in [-0.2, -0.15) is 0 Å². The highest BCUT2D eigenvalue weighted by Crippen LogP contribution is 2.10. The second kappa shape index (κ2) is 9.79. The van der Waals surface area contributed by atoms with E-state index in [1.54, 1.807) is 13.1 Å². The molecule has 1 saturated heterocycles. The van der Waals surface area contributed by atoms with Gasteiger partial charge in [0.25, 0.3) is 5.91 Å². The molecule has 2 amide bonds. The summed E-state index contributed by atoms with van der Waals surface area (Å²) in [4.78, 5) is 29.9. The Kier molecular flexibility index (Phi) is 7.44. The minimum Gasteiger partial charge on any atom is -0.355 e. The van der Waals surface area contributed by atoms with Gasteiger partial charge in [0.05, 0.1) is 0 Å². The van der Waals surface area contributed by atoms with E-state index in [4.69, 9.17) is 0 Å². The Bertz CT molecular complexity index is 659. The first kappa shape index (κ1) is 19.8. The van der Waals surface area contributed by atoms with Crippen LogP contribution < -0.4 is 16.0 Å². The molecule has 0 spiro atoms. The molecule has 1 atom stereocenters. The highest BCUT2D eigenvalue weighted by Gasteiger charge is 2.25. The van der Waals surface area contributed by atoms with Crippen molar-refractivity contribution in [3.05, 3.63) is 35.4 Å². The Balaban J connectivity index is 1.69. The topological polar surface area (TPSA) is 85.8 Å². The molecule has 1 aliphatic rings. The SMILES string of the molecule is CCC(=O)N1CCC(NC(=NC)NCCNC(=O)c2cccc(C)c2)C1. The Morgan fingerprint density at radius 1 is 1.27 bits per heavy atom. The van der Waals surface area contributed by atoms with Gasteiger partial charge in [0, 0.05) is 51.3 Å². The average Bonchev–Trinajstić information content (AvgIpc) is 3.11. The molecule has 0 bridgehead atoms. The fraction of sp³-hybridized carbons (Fsp3) is 0.526. The van der Waals surface area contributed by atoms with Crippen LogP contribution in [0.25, 0.3) is 0 Å². The molecule has 0 aromatic heterocycles. The maximum Gasteiger partial charge on any atom is 0.251 e. The first-order chi connectivity index (χ1) is 12.5. The van der Waals surface area contributed by atoms with Gasteiger partial charge in [-0.1, -0.05) is 24.6 Å². The van der Waals surface area contributed by atoms with E-state index in [9.17, 15) is 9.59 Å². The molecule has 7 heteroatoms. The summed E-state index contributed by atoms with van der Waals surface area (Å²) in [6.07, 6.45) is 1.46. The van der Waals surface area contributed by atoms with Crippen LogP contribution in [0.15, 0.2) is 29.3 Å². The number of aliphatic imine (C=N–C) groups is 1. The summed E-state index contributed by atoms with van der Waals surface area (Å²) in [6.45, 7) is 6.41. The first-order valence-corrected chi connectivity index (χ1v) is 9.13. The van der Waals surface area contributed by atoms with Crippen LogP contribution in [0.5, 0.6) is 0 Å². The minimum absolute atomic E-state index is 0.0806. The van der Waals surface area contributed by atoms with Gasteiger partial charge in [-0.3, -0.25) is 14.6 Å². The van der Waals surface area contributed by atoms with Crippen LogP contribution in [-0.4, -0.2) is 61.9 Å². The summed E-state index contributed by atoms with van der Waals surface area (Å²) < 4.78 is 0. The average molecular weight is 359 g/mol. The predicted octanol–water partition coefficient (Wildman–Crippen LogP) is 0.901. The summed E-state index contributed by atoms with van der Waals surface area (Å²) in [7, 11) is 1.71. The molecule has 142 valence electrons. The zero-order valence-corrected chi connectivity index (χ0v) is 15.8. The molecule has 0 aliphatic carbocycles. The number of aryl methyl sites for hydroxylation is 1. The van der Waals surface area contributed by atoms with Gasteiger partial charge < -0.3 is 20.9 Å². The molecular weight excluding hydrogens is 330 g/mol. The molecule has 1 heterocycles. The lowest BCUT2D eigenvalue weighted by atomic mass is 10.1. The van der Waals surface area contributed by atoms with E-state index in [0.717, 1.165) is 18.5 Å². The van der Waals surface area contributed by atoms with Crippen molar-refractivity contribution in [3.8, 4) is 0 Å². The minimum atomic E-state index is -0.0806. The van der Waals surface area contributed by atoms with Gasteiger partial charge >= 0.3 is 0 Å². The Morgan fingerprint density at radius 2 is 2.04 bits per heavy atom. The van der Waals surface area contributed by atoms with Gasteiger partial charge in [0.1, 0.15) is 0 Å². The van der Waals surface area contributed by atoms with Crippen LogP contribution in [0.3, 0.4) is 0 Å². The number of carbonyl (C=O) groups is 2. The second-order valence-electron chi connectivity index (χ2n) is 6.45. The van der Waals surface area contributed by atoms with Crippen molar-refractivity contribution in [2.24, 2.45) is 4.99 Å². The molecule has 1 aliphatic heterocycles. The Hall–Kier alpha value is -2.57. The molecule has 2 rings (SSSR count). The maximum atomic E-state index is 12.1. The number of guanidine groups is 1. The number of hydrogen-bond donors (Lipinski definition) is 3. The van der Waals surface area contributed by atoms with Crippen molar-refractivity contribution in [2.45, 2.75) is 32.7 Å². The van der Waals surface area contributed by atoms with Gasteiger partial charge in [-0.05, 0) is 25.5 Å². The van der Waals surface area contributed by atoms with E-state index in [0.29, 0.717) is 37.6 Å². The van der Waals surface area contributed by atoms with Crippen LogP contribution in [0.2, 0.25) is 0 Å². The standard InChI is InChI=1S/C19H29N5O2/c1-4-17(25)24-11-8-16(13-24)23-19(20-3)22-10-9-21-18(26)15-7-5-6-14(2)12-15/h5-7,12,16H,4,8-11,13H2,1-3H3,(H,21,26)(H2,20,22,23). The molecular formula is C19H29N5O2. The maximum absolute atomic E-state index is 12.1. The van der Waals surface area contributed by atoms with Crippen LogP contribution in [0, 0.1) is 6.92 Å². The van der Waals surface area contributed by atoms with Crippen molar-refractivity contribution in [3.63, 3.8) is 0 Å². The lowest BCUT2D eigenvalue weighted by molar-refractivity contribution is -0.129. The number of benzene rings is 1. The van der Waals surface area contributed by atoms with Crippen molar-refractivity contribution in [1.82, 2.24) is 20.9 Å². The Labute approximate surface area is 155 Å². The number of carbonyl (C=O) groups excluding carboxylic acids is 2. The normalized spacial score (nSPS) is 17.1. The number of hydrogen-bond acceptors (Lipinski definition) is 3. The summed E-state index contributed by atoms with van der Waals surface area (Å²) in [6, 6.07) is 7.72. The fourth-order valence-corrected chi connectivity index (χ4v) is 2.96. The van der Waals surface area contributed by atoms with Crippen molar-refractivity contribution < 1.29 is 9.59 Å². The predicted molar refractivity (Wildman–Crippen MR) is 103 cm³/mol. The molecule has 1 unspecified atom stereocenters. The highest BCUT2D eigenvalue weighted by atomic mass is 16.2. The number of nitrogens with zero attached hydrogens (tertiary/aromatic N) is 2. The van der Waals surface area contributed by atoms with E-state index >= 15 is 0 Å². The fourth-order valence-electron chi connectivity index (χ4n) is 2.96. The lowest BCUT2D eigenvalue weighted by Crippen LogP contribution is -2.46. The first-order valence-electron chi connectivity index (χ1n) is 9.13. The van der Waals surface area contributed by atoms with Gasteiger partial charge in [-0.25, -0.2) is 0 Å². The molecule has 1 fully saturated rings. The van der Waals surface area contributed by atoms with Crippen molar-refractivity contribution in [2.75, 3.05) is 33.2 Å². The van der Waals surface area contributed by atoms with E-state index in [1.165, 1.54) is 0 Å². The number of amides is 2. The Morgan fingerprint density at radius 3 is 2.73 bits per heavy atom. The third-order valence-corrected chi connectivity index (χ3v) is 4.39. The molecule has 1 aromatic rings. The summed E-state index contributed by atoms with van der Waals surface area (Å²) in [5.74, 6) is 0.796. The van der Waals surface area contributed by atoms with E-state index < -0.39 is 0 Å². The zero-order valence-electron chi connectivity index (χ0n) is 15.8. The van der Waals surface area contributed by atoms with Crippen molar-refractivity contribution >= 4 is 17.8 Å². The molecule has 0 saturated carbocycles. The lowest BCUT2D eigenvalue weighted by Gasteiger charge is -2.18. The third kappa shape index (κ3) is 5.75. The van der Waals surface area contributed by atoms with E-state index in [2.05, 4.69) is 20.9 Å². The molecule has 1 aromatic carbocycles. The van der Waals surface area contributed by atoms with Crippen LogP contribution in [0.4, 0.5) is 0 Å². The monoisotopic (exact) mass is 359 g/mol. The van der Waals surface area contributed by atoms with E-state index in [1.807, 2.05) is 36.9 Å². The molecule has 3 N–H and O–H groups in total. The summed E-state index contributed by atoms with van der Waals surface area (Å²) in [5, 5.41) is 9.42. The summed E-state index contributed by atoms with van der Waals surface area (Å²) >= 11 is 0. The van der Waals surface area contributed by atoms with Crippen LogP contribution in [0.1, 0.15) is 35.7 Å². The summed E-state index contributed by atoms with van der Waals surface area (Å²) in [5.41, 5.74) is 1.73. The highest BCUT2D eigenvalue weighted by molar-refractivity contribution is 5.94. The number of likely N-dealkylation sites (tertiary alicyclic amines) is 1. The molecule has 0 radical (unpaired) electrons. The smallest absolute Gasteiger partial charge is 0.251 e. The molecule has 7 nitrogen and oxygen atoms in total. The quantitative estimate of drug-likeness (QED) is 0.400. The number of nitrogens with one attached hydrogen (secondary N) is 3. The largest absolute Gasteiger partial charge is 0.355 e. The van der Waals surface area contributed by atoms with Gasteiger partial charge in [-0.15, -0.1) is 0 Å². The van der Waals surface area contributed by atoms with Crippen LogP contribution >= 0.6 is 0 Å². The number of rotatable bonds is 6. The second-order valence-corrected chi connectivity index (χ2v) is 6.45. The van der Waals surface area contributed by atoms with Gasteiger partial charge in [0.15, 0.2) is 5.96 Å². The van der Waals surface area contributed by atoms with Crippen LogP contribution in [-0.2, 0) is 4.79 Å². The molecule has 26 heavy (non-hydrogen) atoms. The zero-order chi connectivity index (χ0) is 18.9.